The highest BCUT2D eigenvalue weighted by molar-refractivity contribution is 5.99. The van der Waals surface area contributed by atoms with Crippen LogP contribution in [0, 0.1) is 0 Å². The molecule has 1 atom stereocenters. The molecule has 2 heterocycles. The second kappa shape index (κ2) is 5.83. The van der Waals surface area contributed by atoms with Crippen LogP contribution in [0.1, 0.15) is 46.4 Å². The number of rotatable bonds is 5. The number of aromatic nitrogens is 3. The van der Waals surface area contributed by atoms with Crippen molar-refractivity contribution < 1.29 is 9.59 Å². The van der Waals surface area contributed by atoms with E-state index in [1.165, 1.54) is 6.33 Å². The summed E-state index contributed by atoms with van der Waals surface area (Å²) in [4.78, 5) is 30.7. The highest BCUT2D eigenvalue weighted by Gasteiger charge is 2.44. The first-order valence-electron chi connectivity index (χ1n) is 7.40. The maximum atomic E-state index is 12.6. The number of aryl methyl sites for hydroxylation is 1. The Kier molecular flexibility index (Phi) is 4.29. The van der Waals surface area contributed by atoms with Crippen molar-refractivity contribution in [2.24, 2.45) is 0 Å². The molecule has 0 saturated carbocycles. The zero-order valence-corrected chi connectivity index (χ0v) is 13.1. The zero-order valence-electron chi connectivity index (χ0n) is 13.1. The molecule has 0 spiro atoms. The van der Waals surface area contributed by atoms with Crippen LogP contribution in [0.25, 0.3) is 0 Å². The fraction of sp³-hybridized carbons (Fsp3) is 0.714. The number of hydrogen-bond donors (Lipinski definition) is 1. The van der Waals surface area contributed by atoms with Gasteiger partial charge in [-0.3, -0.25) is 9.59 Å². The van der Waals surface area contributed by atoms with Gasteiger partial charge in [0.25, 0.3) is 0 Å². The van der Waals surface area contributed by atoms with E-state index in [1.54, 1.807) is 23.4 Å². The van der Waals surface area contributed by atoms with E-state index in [0.717, 1.165) is 13.0 Å². The van der Waals surface area contributed by atoms with E-state index < -0.39 is 11.6 Å². The monoisotopic (exact) mass is 293 g/mol. The van der Waals surface area contributed by atoms with Gasteiger partial charge >= 0.3 is 0 Å². The molecule has 1 fully saturated rings. The van der Waals surface area contributed by atoms with E-state index in [-0.39, 0.29) is 11.8 Å². The van der Waals surface area contributed by atoms with Crippen LogP contribution in [0.5, 0.6) is 0 Å². The van der Waals surface area contributed by atoms with E-state index in [9.17, 15) is 9.59 Å². The third kappa shape index (κ3) is 2.91. The minimum absolute atomic E-state index is 0.0833. The molecule has 0 bridgehead atoms. The van der Waals surface area contributed by atoms with Gasteiger partial charge in [-0.15, -0.1) is 0 Å². The molecule has 0 aromatic carbocycles. The Labute approximate surface area is 124 Å². The summed E-state index contributed by atoms with van der Waals surface area (Å²) < 4.78 is 1.79. The minimum Gasteiger partial charge on any atom is -0.340 e. The van der Waals surface area contributed by atoms with E-state index in [0.29, 0.717) is 18.8 Å². The second-order valence-electron chi connectivity index (χ2n) is 5.87. The molecule has 1 unspecified atom stereocenters. The summed E-state index contributed by atoms with van der Waals surface area (Å²) in [6, 6.07) is -0.447. The van der Waals surface area contributed by atoms with Gasteiger partial charge in [-0.1, -0.05) is 13.8 Å². The standard InChI is InChI=1S/C14H23N5O2/c1-5-7-19-11(15-9-16-19)8-18-10(6-2)12(20)17-14(3,4)13(18)21/h9-10H,5-8H2,1-4H3,(H,17,20). The number of hydrogen-bond acceptors (Lipinski definition) is 4. The van der Waals surface area contributed by atoms with Gasteiger partial charge in [-0.05, 0) is 26.7 Å². The van der Waals surface area contributed by atoms with Crippen LogP contribution in [0.2, 0.25) is 0 Å². The lowest BCUT2D eigenvalue weighted by molar-refractivity contribution is -0.154. The largest absolute Gasteiger partial charge is 0.340 e. The second-order valence-corrected chi connectivity index (χ2v) is 5.87. The number of nitrogens with one attached hydrogen (secondary N) is 1. The van der Waals surface area contributed by atoms with E-state index in [4.69, 9.17) is 0 Å². The van der Waals surface area contributed by atoms with E-state index >= 15 is 0 Å². The normalized spacial score (nSPS) is 21.5. The molecule has 1 aromatic rings. The third-order valence-corrected chi connectivity index (χ3v) is 3.74. The molecular weight excluding hydrogens is 270 g/mol. The van der Waals surface area contributed by atoms with Gasteiger partial charge in [-0.25, -0.2) is 9.67 Å². The van der Waals surface area contributed by atoms with Gasteiger partial charge in [0.05, 0.1) is 6.54 Å². The molecule has 1 N–H and O–H groups in total. The quantitative estimate of drug-likeness (QED) is 0.867. The number of carbonyl (C=O) groups excluding carboxylic acids is 2. The van der Waals surface area contributed by atoms with Crippen LogP contribution in [-0.2, 0) is 22.7 Å². The Morgan fingerprint density at radius 1 is 1.33 bits per heavy atom. The smallest absolute Gasteiger partial charge is 0.248 e. The Bertz CT molecular complexity index is 537. The van der Waals surface area contributed by atoms with Gasteiger partial charge in [-0.2, -0.15) is 5.10 Å². The fourth-order valence-electron chi connectivity index (χ4n) is 2.64. The van der Waals surface area contributed by atoms with E-state index in [1.807, 2.05) is 6.92 Å². The lowest BCUT2D eigenvalue weighted by Crippen LogP contribution is -2.67. The first-order valence-corrected chi connectivity index (χ1v) is 7.40. The van der Waals surface area contributed by atoms with Crippen LogP contribution >= 0.6 is 0 Å². The maximum absolute atomic E-state index is 12.6. The number of nitrogens with zero attached hydrogens (tertiary/aromatic N) is 4. The van der Waals surface area contributed by atoms with Crippen molar-refractivity contribution in [3.8, 4) is 0 Å². The van der Waals surface area contributed by atoms with Crippen LogP contribution in [0.4, 0.5) is 0 Å². The summed E-state index contributed by atoms with van der Waals surface area (Å²) in [5.41, 5.74) is -0.877. The number of piperazine rings is 1. The van der Waals surface area contributed by atoms with Crippen molar-refractivity contribution in [3.05, 3.63) is 12.2 Å². The molecule has 116 valence electrons. The predicted molar refractivity (Wildman–Crippen MR) is 77.2 cm³/mol. The van der Waals surface area contributed by atoms with Gasteiger partial charge in [0.2, 0.25) is 11.8 Å². The Hall–Kier alpha value is -1.92. The summed E-state index contributed by atoms with van der Waals surface area (Å²) in [5.74, 6) is 0.526. The molecule has 21 heavy (non-hydrogen) atoms. The van der Waals surface area contributed by atoms with Crippen molar-refractivity contribution in [3.63, 3.8) is 0 Å². The topological polar surface area (TPSA) is 80.1 Å². The molecule has 1 saturated heterocycles. The molecule has 1 aromatic heterocycles. The third-order valence-electron chi connectivity index (χ3n) is 3.74. The minimum atomic E-state index is -0.877. The summed E-state index contributed by atoms with van der Waals surface area (Å²) in [6.07, 6.45) is 3.01. The molecule has 1 aliphatic rings. The van der Waals surface area contributed by atoms with Crippen molar-refractivity contribution >= 4 is 11.8 Å². The lowest BCUT2D eigenvalue weighted by Gasteiger charge is -2.42. The van der Waals surface area contributed by atoms with Gasteiger partial charge in [0.15, 0.2) is 0 Å². The van der Waals surface area contributed by atoms with Crippen molar-refractivity contribution in [1.29, 1.82) is 0 Å². The summed E-state index contributed by atoms with van der Waals surface area (Å²) in [6.45, 7) is 8.48. The highest BCUT2D eigenvalue weighted by Crippen LogP contribution is 2.21. The first-order chi connectivity index (χ1) is 9.90. The number of carbonyl (C=O) groups is 2. The van der Waals surface area contributed by atoms with Gasteiger partial charge in [0, 0.05) is 6.54 Å². The Balaban J connectivity index is 2.27. The molecule has 7 nitrogen and oxygen atoms in total. The zero-order chi connectivity index (χ0) is 15.6. The molecule has 7 heteroatoms. The number of amides is 2. The molecule has 0 radical (unpaired) electrons. The summed E-state index contributed by atoms with van der Waals surface area (Å²) in [5, 5.41) is 6.95. The van der Waals surface area contributed by atoms with Crippen molar-refractivity contribution in [2.75, 3.05) is 0 Å². The SMILES string of the molecule is CCCn1ncnc1CN1C(=O)C(C)(C)NC(=O)C1CC. The molecular formula is C14H23N5O2. The van der Waals surface area contributed by atoms with E-state index in [2.05, 4.69) is 22.3 Å². The van der Waals surface area contributed by atoms with Crippen LogP contribution < -0.4 is 5.32 Å². The average molecular weight is 293 g/mol. The van der Waals surface area contributed by atoms with Crippen molar-refractivity contribution in [1.82, 2.24) is 25.0 Å². The molecule has 2 rings (SSSR count). The lowest BCUT2D eigenvalue weighted by atomic mass is 9.96. The van der Waals surface area contributed by atoms with Crippen LogP contribution in [0.3, 0.4) is 0 Å². The van der Waals surface area contributed by atoms with Gasteiger partial charge in [0.1, 0.15) is 23.7 Å². The molecule has 2 amide bonds. The Morgan fingerprint density at radius 3 is 2.67 bits per heavy atom. The summed E-state index contributed by atoms with van der Waals surface area (Å²) >= 11 is 0. The van der Waals surface area contributed by atoms with Gasteiger partial charge < -0.3 is 10.2 Å². The first kappa shape index (κ1) is 15.5. The van der Waals surface area contributed by atoms with Crippen molar-refractivity contribution in [2.45, 2.75) is 65.2 Å². The fourth-order valence-corrected chi connectivity index (χ4v) is 2.64. The molecule has 0 aliphatic carbocycles. The summed E-state index contributed by atoms with van der Waals surface area (Å²) in [7, 11) is 0. The predicted octanol–water partition coefficient (Wildman–Crippen LogP) is 0.704. The molecule has 1 aliphatic heterocycles. The maximum Gasteiger partial charge on any atom is 0.248 e. The van der Waals surface area contributed by atoms with Crippen LogP contribution in [-0.4, -0.2) is 43.1 Å². The Morgan fingerprint density at radius 2 is 2.05 bits per heavy atom. The van der Waals surface area contributed by atoms with Crippen LogP contribution in [0.15, 0.2) is 6.33 Å². The highest BCUT2D eigenvalue weighted by atomic mass is 16.2. The average Bonchev–Trinajstić information content (AvgIpc) is 2.83.